The molecule has 2 rings (SSSR count). The Morgan fingerprint density at radius 2 is 2.05 bits per heavy atom. The van der Waals surface area contributed by atoms with Crippen molar-refractivity contribution in [1.29, 1.82) is 0 Å². The van der Waals surface area contributed by atoms with E-state index < -0.39 is 14.8 Å². The number of aromatic nitrogens is 2. The van der Waals surface area contributed by atoms with Crippen LogP contribution in [0, 0.1) is 10.1 Å². The third-order valence-corrected chi connectivity index (χ3v) is 4.42. The second-order valence-corrected chi connectivity index (χ2v) is 6.35. The summed E-state index contributed by atoms with van der Waals surface area (Å²) in [5, 5.41) is 13.7. The van der Waals surface area contributed by atoms with Crippen molar-refractivity contribution in [2.45, 2.75) is 0 Å². The van der Waals surface area contributed by atoms with Gasteiger partial charge in [0, 0.05) is 20.1 Å². The van der Waals surface area contributed by atoms with Crippen LogP contribution in [0.1, 0.15) is 0 Å². The summed E-state index contributed by atoms with van der Waals surface area (Å²) in [6.07, 6.45) is 1.12. The molecule has 0 amide bonds. The van der Waals surface area contributed by atoms with Crippen LogP contribution < -0.4 is 10.2 Å². The molecule has 2 heterocycles. The van der Waals surface area contributed by atoms with Gasteiger partial charge in [-0.05, 0) is 0 Å². The Labute approximate surface area is 109 Å². The Balaban J connectivity index is 2.35. The van der Waals surface area contributed by atoms with E-state index in [0.717, 1.165) is 6.20 Å². The lowest BCUT2D eigenvalue weighted by Crippen LogP contribution is -2.41. The van der Waals surface area contributed by atoms with Crippen LogP contribution in [0.2, 0.25) is 0 Å². The summed E-state index contributed by atoms with van der Waals surface area (Å²) >= 11 is 0. The molecule has 0 atom stereocenters. The van der Waals surface area contributed by atoms with Gasteiger partial charge < -0.3 is 10.2 Å². The third kappa shape index (κ3) is 2.89. The van der Waals surface area contributed by atoms with Gasteiger partial charge in [-0.3, -0.25) is 10.1 Å². The average Bonchev–Trinajstić information content (AvgIpc) is 2.38. The molecule has 1 aliphatic heterocycles. The highest BCUT2D eigenvalue weighted by Crippen LogP contribution is 2.27. The first-order chi connectivity index (χ1) is 8.93. The molecule has 0 radical (unpaired) electrons. The van der Waals surface area contributed by atoms with Crippen molar-refractivity contribution in [3.63, 3.8) is 0 Å². The summed E-state index contributed by atoms with van der Waals surface area (Å²) in [7, 11) is -1.44. The van der Waals surface area contributed by atoms with Gasteiger partial charge in [0.05, 0.1) is 16.4 Å². The molecular weight excluding hydrogens is 274 g/mol. The maximum Gasteiger partial charge on any atom is 0.329 e. The molecule has 1 N–H and O–H groups in total. The first-order valence-corrected chi connectivity index (χ1v) is 7.39. The number of nitro groups is 1. The zero-order valence-corrected chi connectivity index (χ0v) is 11.1. The molecule has 0 unspecified atom stereocenters. The molecule has 104 valence electrons. The van der Waals surface area contributed by atoms with Gasteiger partial charge in [-0.2, -0.15) is 4.98 Å². The van der Waals surface area contributed by atoms with E-state index in [9.17, 15) is 18.5 Å². The van der Waals surface area contributed by atoms with Gasteiger partial charge in [0.15, 0.2) is 9.84 Å². The van der Waals surface area contributed by atoms with E-state index in [2.05, 4.69) is 15.3 Å². The molecule has 0 saturated carbocycles. The Morgan fingerprint density at radius 1 is 1.42 bits per heavy atom. The van der Waals surface area contributed by atoms with E-state index in [1.54, 1.807) is 11.9 Å². The molecule has 1 aliphatic rings. The number of hydrogen-bond donors (Lipinski definition) is 1. The Morgan fingerprint density at radius 3 is 2.58 bits per heavy atom. The van der Waals surface area contributed by atoms with Crippen molar-refractivity contribution >= 4 is 27.3 Å². The molecular formula is C9H13N5O4S. The minimum absolute atomic E-state index is 0.0248. The highest BCUT2D eigenvalue weighted by atomic mass is 32.2. The molecule has 1 aromatic heterocycles. The lowest BCUT2D eigenvalue weighted by Gasteiger charge is -2.27. The van der Waals surface area contributed by atoms with E-state index in [1.807, 2.05) is 0 Å². The molecule has 0 spiro atoms. The van der Waals surface area contributed by atoms with Crippen molar-refractivity contribution in [3.8, 4) is 0 Å². The molecule has 9 nitrogen and oxygen atoms in total. The van der Waals surface area contributed by atoms with Crippen molar-refractivity contribution in [1.82, 2.24) is 9.97 Å². The maximum atomic E-state index is 11.4. The topological polar surface area (TPSA) is 118 Å². The SMILES string of the molecule is CNc1ncc([N+](=O)[O-])c(N2CCS(=O)(=O)CC2)n1. The first kappa shape index (κ1) is 13.5. The second kappa shape index (κ2) is 4.96. The molecule has 1 aromatic rings. The van der Waals surface area contributed by atoms with Crippen molar-refractivity contribution in [2.75, 3.05) is 41.9 Å². The smallest absolute Gasteiger partial charge is 0.329 e. The monoisotopic (exact) mass is 287 g/mol. The molecule has 1 fully saturated rings. The fourth-order valence-corrected chi connectivity index (χ4v) is 2.97. The minimum Gasteiger partial charge on any atom is -0.357 e. The van der Waals surface area contributed by atoms with Gasteiger partial charge in [0.2, 0.25) is 11.8 Å². The Kier molecular flexibility index (Phi) is 3.51. The average molecular weight is 287 g/mol. The summed E-state index contributed by atoms with van der Waals surface area (Å²) in [5.74, 6) is 0.361. The fraction of sp³-hybridized carbons (Fsp3) is 0.556. The Hall–Kier alpha value is -1.97. The number of sulfone groups is 1. The summed E-state index contributed by atoms with van der Waals surface area (Å²) < 4.78 is 22.7. The van der Waals surface area contributed by atoms with Crippen LogP contribution in [0.3, 0.4) is 0 Å². The first-order valence-electron chi connectivity index (χ1n) is 5.57. The number of nitrogens with zero attached hydrogens (tertiary/aromatic N) is 4. The van der Waals surface area contributed by atoms with E-state index in [4.69, 9.17) is 0 Å². The largest absolute Gasteiger partial charge is 0.357 e. The van der Waals surface area contributed by atoms with Crippen LogP contribution in [-0.4, -0.2) is 55.0 Å². The van der Waals surface area contributed by atoms with Crippen LogP contribution in [0.25, 0.3) is 0 Å². The van der Waals surface area contributed by atoms with Crippen LogP contribution in [-0.2, 0) is 9.84 Å². The van der Waals surface area contributed by atoms with Gasteiger partial charge >= 0.3 is 5.69 Å². The standard InChI is InChI=1S/C9H13N5O4S/c1-10-9-11-6-7(14(15)16)8(12-9)13-2-4-19(17,18)5-3-13/h6H,2-5H2,1H3,(H,10,11,12). The Bertz CT molecular complexity index is 589. The number of rotatable bonds is 3. The zero-order valence-electron chi connectivity index (χ0n) is 10.2. The van der Waals surface area contributed by atoms with Gasteiger partial charge in [-0.15, -0.1) is 0 Å². The van der Waals surface area contributed by atoms with Gasteiger partial charge in [0.25, 0.3) is 0 Å². The lowest BCUT2D eigenvalue weighted by atomic mass is 10.4. The molecule has 0 bridgehead atoms. The van der Waals surface area contributed by atoms with Crippen molar-refractivity contribution in [3.05, 3.63) is 16.3 Å². The predicted octanol–water partition coefficient (Wildman–Crippen LogP) is -0.339. The summed E-state index contributed by atoms with van der Waals surface area (Å²) in [6, 6.07) is 0. The lowest BCUT2D eigenvalue weighted by molar-refractivity contribution is -0.384. The number of hydrogen-bond acceptors (Lipinski definition) is 8. The number of nitrogens with one attached hydrogen (secondary N) is 1. The van der Waals surface area contributed by atoms with Crippen molar-refractivity contribution in [2.24, 2.45) is 0 Å². The number of anilines is 2. The van der Waals surface area contributed by atoms with E-state index in [0.29, 0.717) is 0 Å². The molecule has 19 heavy (non-hydrogen) atoms. The normalized spacial score (nSPS) is 18.1. The molecule has 10 heteroatoms. The predicted molar refractivity (Wildman–Crippen MR) is 69.1 cm³/mol. The van der Waals surface area contributed by atoms with Crippen molar-refractivity contribution < 1.29 is 13.3 Å². The highest BCUT2D eigenvalue weighted by Gasteiger charge is 2.28. The second-order valence-electron chi connectivity index (χ2n) is 4.05. The van der Waals surface area contributed by atoms with Crippen LogP contribution in [0.15, 0.2) is 6.20 Å². The van der Waals surface area contributed by atoms with Gasteiger partial charge in [-0.25, -0.2) is 13.4 Å². The summed E-state index contributed by atoms with van der Waals surface area (Å²) in [6.45, 7) is 0.396. The quantitative estimate of drug-likeness (QED) is 0.592. The molecule has 0 aromatic carbocycles. The van der Waals surface area contributed by atoms with Crippen LogP contribution >= 0.6 is 0 Å². The molecule has 1 saturated heterocycles. The summed E-state index contributed by atoms with van der Waals surface area (Å²) in [4.78, 5) is 19.8. The fourth-order valence-electron chi connectivity index (χ4n) is 1.77. The minimum atomic E-state index is -3.04. The highest BCUT2D eigenvalue weighted by molar-refractivity contribution is 7.91. The van der Waals surface area contributed by atoms with Gasteiger partial charge in [0.1, 0.15) is 6.20 Å². The van der Waals surface area contributed by atoms with Gasteiger partial charge in [-0.1, -0.05) is 0 Å². The molecule has 0 aliphatic carbocycles. The van der Waals surface area contributed by atoms with Crippen LogP contribution in [0.4, 0.5) is 17.5 Å². The third-order valence-electron chi connectivity index (χ3n) is 2.81. The van der Waals surface area contributed by atoms with E-state index >= 15 is 0 Å². The summed E-state index contributed by atoms with van der Waals surface area (Å²) in [5.41, 5.74) is -0.224. The van der Waals surface area contributed by atoms with Crippen LogP contribution in [0.5, 0.6) is 0 Å². The maximum absolute atomic E-state index is 11.4. The van der Waals surface area contributed by atoms with E-state index in [1.165, 1.54) is 0 Å². The zero-order chi connectivity index (χ0) is 14.0. The van der Waals surface area contributed by atoms with E-state index in [-0.39, 0.29) is 42.0 Å².